The van der Waals surface area contributed by atoms with Gasteiger partial charge in [-0.2, -0.15) is 0 Å². The monoisotopic (exact) mass is 185 g/mol. The van der Waals surface area contributed by atoms with E-state index >= 15 is 0 Å². The molecule has 1 unspecified atom stereocenters. The summed E-state index contributed by atoms with van der Waals surface area (Å²) < 4.78 is 9.68. The molecule has 0 aliphatic heterocycles. The molecule has 5 nitrogen and oxygen atoms in total. The lowest BCUT2D eigenvalue weighted by molar-refractivity contribution is -0.137. The largest absolute Gasteiger partial charge is 0.481 e. The van der Waals surface area contributed by atoms with Crippen LogP contribution in [0.4, 0.5) is 0 Å². The van der Waals surface area contributed by atoms with Crippen molar-refractivity contribution >= 4 is 5.97 Å². The molecule has 0 aliphatic rings. The lowest BCUT2D eigenvalue weighted by Crippen LogP contribution is -2.01. The number of nitrogens with zero attached hydrogens (tertiary/aromatic N) is 1. The summed E-state index contributed by atoms with van der Waals surface area (Å²) in [5.74, 6) is -0.150. The fraction of sp³-hybridized carbons (Fsp3) is 0.500. The zero-order valence-corrected chi connectivity index (χ0v) is 7.48. The molecule has 5 heteroatoms. The maximum Gasteiger partial charge on any atom is 0.304 e. The zero-order valence-electron chi connectivity index (χ0n) is 7.48. The van der Waals surface area contributed by atoms with Gasteiger partial charge >= 0.3 is 5.97 Å². The Bertz CT molecular complexity index is 294. The van der Waals surface area contributed by atoms with Crippen LogP contribution in [0.5, 0.6) is 5.88 Å². The van der Waals surface area contributed by atoms with Crippen LogP contribution in [0.3, 0.4) is 0 Å². The minimum Gasteiger partial charge on any atom is -0.481 e. The smallest absolute Gasteiger partial charge is 0.304 e. The molecule has 1 aromatic rings. The summed E-state index contributed by atoms with van der Waals surface area (Å²) in [6.45, 7) is 1.76. The lowest BCUT2D eigenvalue weighted by atomic mass is 10.1. The number of methoxy groups -OCH3 is 1. The third kappa shape index (κ3) is 2.47. The lowest BCUT2D eigenvalue weighted by Gasteiger charge is -2.01. The van der Waals surface area contributed by atoms with E-state index in [2.05, 4.69) is 5.16 Å². The van der Waals surface area contributed by atoms with Crippen molar-refractivity contribution in [2.75, 3.05) is 7.11 Å². The molecule has 0 saturated carbocycles. The average molecular weight is 185 g/mol. The first-order valence-corrected chi connectivity index (χ1v) is 3.86. The Labute approximate surface area is 75.3 Å². The van der Waals surface area contributed by atoms with Crippen LogP contribution in [0.25, 0.3) is 0 Å². The first-order chi connectivity index (χ1) is 6.13. The number of aliphatic carboxylic acids is 1. The van der Waals surface area contributed by atoms with E-state index in [1.807, 2.05) is 0 Å². The van der Waals surface area contributed by atoms with Crippen LogP contribution in [-0.2, 0) is 4.79 Å². The number of carbonyl (C=O) groups is 1. The summed E-state index contributed by atoms with van der Waals surface area (Å²) in [5.41, 5.74) is 0. The predicted molar refractivity (Wildman–Crippen MR) is 43.7 cm³/mol. The van der Waals surface area contributed by atoms with Gasteiger partial charge in [0.25, 0.3) is 5.88 Å². The number of carboxylic acids is 1. The summed E-state index contributed by atoms with van der Waals surface area (Å²) in [7, 11) is 1.48. The van der Waals surface area contributed by atoms with Crippen LogP contribution >= 0.6 is 0 Å². The molecule has 13 heavy (non-hydrogen) atoms. The van der Waals surface area contributed by atoms with Gasteiger partial charge in [-0.25, -0.2) is 0 Å². The van der Waals surface area contributed by atoms with Crippen LogP contribution in [0.15, 0.2) is 10.6 Å². The van der Waals surface area contributed by atoms with Crippen LogP contribution in [0.2, 0.25) is 0 Å². The molecular formula is C8H11NO4. The van der Waals surface area contributed by atoms with Gasteiger partial charge in [-0.05, 0) is 5.16 Å². The number of hydrogen-bond acceptors (Lipinski definition) is 4. The van der Waals surface area contributed by atoms with Gasteiger partial charge in [0.15, 0.2) is 0 Å². The summed E-state index contributed by atoms with van der Waals surface area (Å²) >= 11 is 0. The van der Waals surface area contributed by atoms with Crippen molar-refractivity contribution in [3.8, 4) is 5.88 Å². The molecular weight excluding hydrogens is 174 g/mol. The Morgan fingerprint density at radius 3 is 3.00 bits per heavy atom. The maximum absolute atomic E-state index is 10.4. The second-order valence-corrected chi connectivity index (χ2v) is 2.77. The van der Waals surface area contributed by atoms with E-state index in [-0.39, 0.29) is 12.3 Å². The quantitative estimate of drug-likeness (QED) is 0.764. The first kappa shape index (κ1) is 9.57. The Kier molecular flexibility index (Phi) is 2.89. The van der Waals surface area contributed by atoms with Crippen molar-refractivity contribution < 1.29 is 19.2 Å². The van der Waals surface area contributed by atoms with Crippen molar-refractivity contribution in [3.05, 3.63) is 11.8 Å². The fourth-order valence-corrected chi connectivity index (χ4v) is 0.963. The highest BCUT2D eigenvalue weighted by Crippen LogP contribution is 2.22. The van der Waals surface area contributed by atoms with Crippen molar-refractivity contribution in [2.24, 2.45) is 0 Å². The van der Waals surface area contributed by atoms with E-state index in [4.69, 9.17) is 14.4 Å². The van der Waals surface area contributed by atoms with Gasteiger partial charge in [-0.3, -0.25) is 4.79 Å². The van der Waals surface area contributed by atoms with Gasteiger partial charge in [0.05, 0.1) is 13.5 Å². The van der Waals surface area contributed by atoms with Gasteiger partial charge in [-0.1, -0.05) is 6.92 Å². The molecule has 0 fully saturated rings. The molecule has 0 aromatic carbocycles. The van der Waals surface area contributed by atoms with Crippen molar-refractivity contribution in [3.63, 3.8) is 0 Å². The van der Waals surface area contributed by atoms with E-state index in [0.29, 0.717) is 11.6 Å². The third-order valence-electron chi connectivity index (χ3n) is 1.68. The molecule has 0 radical (unpaired) electrons. The molecule has 1 rings (SSSR count). The Balaban J connectivity index is 2.65. The maximum atomic E-state index is 10.4. The zero-order chi connectivity index (χ0) is 9.84. The fourth-order valence-electron chi connectivity index (χ4n) is 0.963. The number of ether oxygens (including phenoxy) is 1. The molecule has 0 bridgehead atoms. The molecule has 1 atom stereocenters. The number of hydrogen-bond donors (Lipinski definition) is 1. The predicted octanol–water partition coefficient (Wildman–Crippen LogP) is 1.26. The van der Waals surface area contributed by atoms with Gasteiger partial charge in [-0.15, -0.1) is 0 Å². The molecule has 0 aliphatic carbocycles. The van der Waals surface area contributed by atoms with Crippen LogP contribution in [0, 0.1) is 0 Å². The summed E-state index contributed by atoms with van der Waals surface area (Å²) in [6.07, 6.45) is 0.0261. The average Bonchev–Trinajstić information content (AvgIpc) is 2.50. The van der Waals surface area contributed by atoms with Gasteiger partial charge < -0.3 is 14.4 Å². The topological polar surface area (TPSA) is 72.6 Å². The Morgan fingerprint density at radius 2 is 2.54 bits per heavy atom. The second-order valence-electron chi connectivity index (χ2n) is 2.77. The van der Waals surface area contributed by atoms with Crippen molar-refractivity contribution in [2.45, 2.75) is 19.3 Å². The van der Waals surface area contributed by atoms with E-state index in [1.165, 1.54) is 7.11 Å². The summed E-state index contributed by atoms with van der Waals surface area (Å²) in [6, 6.07) is 1.59. The van der Waals surface area contributed by atoms with Crippen LogP contribution < -0.4 is 4.74 Å². The summed E-state index contributed by atoms with van der Waals surface area (Å²) in [4.78, 5) is 10.4. The molecule has 72 valence electrons. The molecule has 0 saturated heterocycles. The molecule has 1 heterocycles. The SMILES string of the molecule is COc1cc(C(C)CC(=O)O)on1. The Morgan fingerprint density at radius 1 is 1.85 bits per heavy atom. The normalized spacial score (nSPS) is 12.5. The molecule has 0 spiro atoms. The second kappa shape index (κ2) is 3.93. The number of carboxylic acid groups (broad SMARTS) is 1. The first-order valence-electron chi connectivity index (χ1n) is 3.86. The number of rotatable bonds is 4. The minimum absolute atomic E-state index is 0.0261. The van der Waals surface area contributed by atoms with Gasteiger partial charge in [0.2, 0.25) is 0 Å². The highest BCUT2D eigenvalue weighted by molar-refractivity contribution is 5.67. The van der Waals surface area contributed by atoms with E-state index in [1.54, 1.807) is 13.0 Å². The van der Waals surface area contributed by atoms with Crippen LogP contribution in [0.1, 0.15) is 25.0 Å². The minimum atomic E-state index is -0.858. The van der Waals surface area contributed by atoms with E-state index in [9.17, 15) is 4.79 Å². The highest BCUT2D eigenvalue weighted by atomic mass is 16.5. The van der Waals surface area contributed by atoms with Gasteiger partial charge in [0, 0.05) is 12.0 Å². The molecule has 1 N–H and O–H groups in total. The molecule has 0 amide bonds. The number of aromatic nitrogens is 1. The van der Waals surface area contributed by atoms with Crippen LogP contribution in [-0.4, -0.2) is 23.3 Å². The Hall–Kier alpha value is -1.52. The van der Waals surface area contributed by atoms with E-state index < -0.39 is 5.97 Å². The van der Waals surface area contributed by atoms with E-state index in [0.717, 1.165) is 0 Å². The van der Waals surface area contributed by atoms with Crippen molar-refractivity contribution in [1.29, 1.82) is 0 Å². The van der Waals surface area contributed by atoms with Crippen molar-refractivity contribution in [1.82, 2.24) is 5.16 Å². The third-order valence-corrected chi connectivity index (χ3v) is 1.68. The highest BCUT2D eigenvalue weighted by Gasteiger charge is 2.15. The summed E-state index contributed by atoms with van der Waals surface area (Å²) in [5, 5.41) is 12.1. The van der Waals surface area contributed by atoms with Gasteiger partial charge in [0.1, 0.15) is 5.76 Å². The molecule has 1 aromatic heterocycles. The standard InChI is InChI=1S/C8H11NO4/c1-5(3-8(10)11)6-4-7(12-2)9-13-6/h4-5H,3H2,1-2H3,(H,10,11).